The van der Waals surface area contributed by atoms with Gasteiger partial charge in [-0.25, -0.2) is 0 Å². The smallest absolute Gasteiger partial charge is 0.195 e. The summed E-state index contributed by atoms with van der Waals surface area (Å²) < 4.78 is 16.3. The highest BCUT2D eigenvalue weighted by Crippen LogP contribution is 2.30. The van der Waals surface area contributed by atoms with Crippen LogP contribution in [0.1, 0.15) is 12.5 Å². The van der Waals surface area contributed by atoms with E-state index in [-0.39, 0.29) is 24.0 Å². The van der Waals surface area contributed by atoms with Crippen LogP contribution in [0.5, 0.6) is 17.2 Å². The molecule has 26 heavy (non-hydrogen) atoms. The summed E-state index contributed by atoms with van der Waals surface area (Å²) in [5.41, 5.74) is 1.91. The zero-order valence-electron chi connectivity index (χ0n) is 15.5. The fourth-order valence-electron chi connectivity index (χ4n) is 2.36. The molecule has 7 heteroatoms. The Balaban J connectivity index is 0.00000338. The quantitative estimate of drug-likeness (QED) is 0.364. The lowest BCUT2D eigenvalue weighted by atomic mass is 10.2. The molecule has 0 spiro atoms. The normalized spacial score (nSPS) is 10.5. The SMILES string of the molecule is CCOc1ccc(NC(=NC)NCc2ccccc2OC)cc1OC.I. The second kappa shape index (κ2) is 11.5. The number of nitrogens with zero attached hydrogens (tertiary/aromatic N) is 1. The molecule has 2 aromatic rings. The minimum Gasteiger partial charge on any atom is -0.496 e. The molecule has 0 saturated heterocycles. The van der Waals surface area contributed by atoms with E-state index in [9.17, 15) is 0 Å². The summed E-state index contributed by atoms with van der Waals surface area (Å²) in [5.74, 6) is 2.88. The van der Waals surface area contributed by atoms with E-state index in [1.165, 1.54) is 0 Å². The van der Waals surface area contributed by atoms with E-state index in [1.807, 2.05) is 49.4 Å². The number of ether oxygens (including phenoxy) is 3. The van der Waals surface area contributed by atoms with Crippen LogP contribution in [-0.2, 0) is 6.54 Å². The van der Waals surface area contributed by atoms with Crippen molar-refractivity contribution in [3.05, 3.63) is 48.0 Å². The highest BCUT2D eigenvalue weighted by molar-refractivity contribution is 14.0. The summed E-state index contributed by atoms with van der Waals surface area (Å²) in [7, 11) is 5.01. The molecule has 0 amide bonds. The van der Waals surface area contributed by atoms with Gasteiger partial charge in [-0.05, 0) is 25.1 Å². The highest BCUT2D eigenvalue weighted by atomic mass is 127. The van der Waals surface area contributed by atoms with Gasteiger partial charge in [0.15, 0.2) is 17.5 Å². The minimum absolute atomic E-state index is 0. The van der Waals surface area contributed by atoms with Crippen LogP contribution in [0.4, 0.5) is 5.69 Å². The average Bonchev–Trinajstić information content (AvgIpc) is 2.66. The van der Waals surface area contributed by atoms with E-state index < -0.39 is 0 Å². The lowest BCUT2D eigenvalue weighted by molar-refractivity contribution is 0.311. The van der Waals surface area contributed by atoms with Crippen molar-refractivity contribution in [2.24, 2.45) is 4.99 Å². The molecule has 0 aliphatic heterocycles. The Bertz CT molecular complexity index is 723. The number of hydrogen-bond donors (Lipinski definition) is 2. The van der Waals surface area contributed by atoms with Gasteiger partial charge >= 0.3 is 0 Å². The van der Waals surface area contributed by atoms with Crippen molar-refractivity contribution in [3.63, 3.8) is 0 Å². The first-order valence-electron chi connectivity index (χ1n) is 8.12. The lowest BCUT2D eigenvalue weighted by Crippen LogP contribution is -2.30. The molecule has 0 bridgehead atoms. The summed E-state index contributed by atoms with van der Waals surface area (Å²) in [6.07, 6.45) is 0. The van der Waals surface area contributed by atoms with Crippen LogP contribution >= 0.6 is 24.0 Å². The molecule has 0 saturated carbocycles. The molecule has 0 fully saturated rings. The van der Waals surface area contributed by atoms with Gasteiger partial charge in [0.25, 0.3) is 0 Å². The molecule has 2 rings (SSSR count). The van der Waals surface area contributed by atoms with Gasteiger partial charge in [0, 0.05) is 30.9 Å². The van der Waals surface area contributed by atoms with E-state index in [0.717, 1.165) is 17.0 Å². The Kier molecular flexibility index (Phi) is 9.64. The van der Waals surface area contributed by atoms with E-state index in [0.29, 0.717) is 30.6 Å². The maximum atomic E-state index is 5.53. The van der Waals surface area contributed by atoms with Gasteiger partial charge in [-0.1, -0.05) is 18.2 Å². The topological polar surface area (TPSA) is 64.1 Å². The number of nitrogens with one attached hydrogen (secondary N) is 2. The molecule has 0 radical (unpaired) electrons. The van der Waals surface area contributed by atoms with Crippen LogP contribution in [-0.4, -0.2) is 33.8 Å². The van der Waals surface area contributed by atoms with Crippen LogP contribution in [0.2, 0.25) is 0 Å². The summed E-state index contributed by atoms with van der Waals surface area (Å²) in [4.78, 5) is 4.25. The van der Waals surface area contributed by atoms with Crippen LogP contribution in [0, 0.1) is 0 Å². The first-order chi connectivity index (χ1) is 12.2. The number of aliphatic imine (C=N–C) groups is 1. The van der Waals surface area contributed by atoms with Gasteiger partial charge < -0.3 is 24.8 Å². The number of rotatable bonds is 7. The Labute approximate surface area is 172 Å². The third kappa shape index (κ3) is 5.98. The van der Waals surface area contributed by atoms with Crippen molar-refractivity contribution < 1.29 is 14.2 Å². The van der Waals surface area contributed by atoms with Crippen molar-refractivity contribution in [2.75, 3.05) is 33.2 Å². The lowest BCUT2D eigenvalue weighted by Gasteiger charge is -2.15. The molecular formula is C19H26IN3O3. The van der Waals surface area contributed by atoms with Crippen LogP contribution in [0.15, 0.2) is 47.5 Å². The zero-order chi connectivity index (χ0) is 18.1. The molecule has 0 atom stereocenters. The first kappa shape index (κ1) is 21.9. The second-order valence-electron chi connectivity index (χ2n) is 5.16. The van der Waals surface area contributed by atoms with Crippen molar-refractivity contribution in [3.8, 4) is 17.2 Å². The molecular weight excluding hydrogens is 445 g/mol. The van der Waals surface area contributed by atoms with Crippen molar-refractivity contribution in [1.29, 1.82) is 0 Å². The third-order valence-corrected chi connectivity index (χ3v) is 3.59. The number of benzene rings is 2. The fourth-order valence-corrected chi connectivity index (χ4v) is 2.36. The molecule has 0 aromatic heterocycles. The number of halogens is 1. The summed E-state index contributed by atoms with van der Waals surface area (Å²) in [6, 6.07) is 13.5. The number of para-hydroxylation sites is 1. The largest absolute Gasteiger partial charge is 0.496 e. The Hall–Kier alpha value is -2.16. The number of hydrogen-bond acceptors (Lipinski definition) is 4. The molecule has 0 aliphatic carbocycles. The Morgan fingerprint density at radius 3 is 2.38 bits per heavy atom. The summed E-state index contributed by atoms with van der Waals surface area (Å²) >= 11 is 0. The molecule has 0 aliphatic rings. The molecule has 6 nitrogen and oxygen atoms in total. The van der Waals surface area contributed by atoms with Crippen LogP contribution in [0.25, 0.3) is 0 Å². The standard InChI is InChI=1S/C19H25N3O3.HI/c1-5-25-17-11-10-15(12-18(17)24-4)22-19(20-2)21-13-14-8-6-7-9-16(14)23-3;/h6-12H,5,13H2,1-4H3,(H2,20,21,22);1H. The third-order valence-electron chi connectivity index (χ3n) is 3.59. The van der Waals surface area contributed by atoms with Gasteiger partial charge in [0.2, 0.25) is 0 Å². The van der Waals surface area contributed by atoms with Crippen molar-refractivity contribution in [2.45, 2.75) is 13.5 Å². The predicted molar refractivity (Wildman–Crippen MR) is 116 cm³/mol. The summed E-state index contributed by atoms with van der Waals surface area (Å²) in [6.45, 7) is 3.12. The predicted octanol–water partition coefficient (Wildman–Crippen LogP) is 3.91. The number of guanidine groups is 1. The van der Waals surface area contributed by atoms with Gasteiger partial charge in [-0.2, -0.15) is 0 Å². The zero-order valence-corrected chi connectivity index (χ0v) is 17.9. The molecule has 0 unspecified atom stereocenters. The van der Waals surface area contributed by atoms with E-state index in [2.05, 4.69) is 15.6 Å². The molecule has 2 aromatic carbocycles. The summed E-state index contributed by atoms with van der Waals surface area (Å²) in [5, 5.41) is 6.52. The van der Waals surface area contributed by atoms with Crippen molar-refractivity contribution in [1.82, 2.24) is 5.32 Å². The van der Waals surface area contributed by atoms with Crippen LogP contribution in [0.3, 0.4) is 0 Å². The van der Waals surface area contributed by atoms with Gasteiger partial charge in [0.1, 0.15) is 5.75 Å². The maximum Gasteiger partial charge on any atom is 0.195 e. The van der Waals surface area contributed by atoms with Crippen LogP contribution < -0.4 is 24.8 Å². The van der Waals surface area contributed by atoms with E-state index >= 15 is 0 Å². The van der Waals surface area contributed by atoms with Gasteiger partial charge in [0.05, 0.1) is 20.8 Å². The average molecular weight is 471 g/mol. The van der Waals surface area contributed by atoms with Gasteiger partial charge in [-0.3, -0.25) is 4.99 Å². The van der Waals surface area contributed by atoms with Crippen molar-refractivity contribution >= 4 is 35.6 Å². The Morgan fingerprint density at radius 2 is 1.73 bits per heavy atom. The molecule has 0 heterocycles. The maximum absolute atomic E-state index is 5.53. The first-order valence-corrected chi connectivity index (χ1v) is 8.12. The number of methoxy groups -OCH3 is 2. The minimum atomic E-state index is 0. The second-order valence-corrected chi connectivity index (χ2v) is 5.16. The van der Waals surface area contributed by atoms with Gasteiger partial charge in [-0.15, -0.1) is 24.0 Å². The fraction of sp³-hybridized carbons (Fsp3) is 0.316. The highest BCUT2D eigenvalue weighted by Gasteiger charge is 2.08. The van der Waals surface area contributed by atoms with E-state index in [4.69, 9.17) is 14.2 Å². The van der Waals surface area contributed by atoms with E-state index in [1.54, 1.807) is 21.3 Å². The molecule has 2 N–H and O–H groups in total. The molecule has 142 valence electrons. The Morgan fingerprint density at radius 1 is 1.00 bits per heavy atom. The number of anilines is 1. The monoisotopic (exact) mass is 471 g/mol.